The average molecular weight is 301 g/mol. The lowest BCUT2D eigenvalue weighted by Crippen LogP contribution is -2.22. The maximum absolute atomic E-state index is 4.23. The van der Waals surface area contributed by atoms with E-state index in [0.717, 1.165) is 24.2 Å². The lowest BCUT2D eigenvalue weighted by Gasteiger charge is -2.26. The fourth-order valence-corrected chi connectivity index (χ4v) is 2.38. The van der Waals surface area contributed by atoms with E-state index in [1.54, 1.807) is 6.08 Å². The standard InChI is InChI=1S/C22H23N/c1-4-5-12-19(2)16-17-20(3)23-18-11-7-6-8-13-21-14-9-10-15-22(21)23/h4-12,14-17H,1-3,13,18H2/b8-6-,11-7-,12-5+,17-16-. The number of fused-ring (bicyclic) bond motifs is 1. The number of allylic oxidation sites excluding steroid dienone is 9. The third-order valence-corrected chi connectivity index (χ3v) is 3.57. The molecule has 0 radical (unpaired) electrons. The van der Waals surface area contributed by atoms with Crippen molar-refractivity contribution in [1.29, 1.82) is 0 Å². The van der Waals surface area contributed by atoms with Crippen LogP contribution >= 0.6 is 0 Å². The van der Waals surface area contributed by atoms with E-state index in [1.807, 2.05) is 24.3 Å². The summed E-state index contributed by atoms with van der Waals surface area (Å²) in [6.07, 6.45) is 18.9. The van der Waals surface area contributed by atoms with Gasteiger partial charge in [0.1, 0.15) is 0 Å². The van der Waals surface area contributed by atoms with Gasteiger partial charge in [0.2, 0.25) is 0 Å². The van der Waals surface area contributed by atoms with Crippen LogP contribution in [0, 0.1) is 0 Å². The minimum absolute atomic E-state index is 0.791. The summed E-state index contributed by atoms with van der Waals surface area (Å²) in [6.45, 7) is 12.7. The molecular formula is C22H23N. The van der Waals surface area contributed by atoms with E-state index < -0.39 is 0 Å². The molecule has 0 N–H and O–H groups in total. The molecule has 1 heterocycles. The monoisotopic (exact) mass is 301 g/mol. The number of rotatable bonds is 5. The van der Waals surface area contributed by atoms with Crippen LogP contribution in [0.4, 0.5) is 5.69 Å². The zero-order valence-electron chi connectivity index (χ0n) is 13.5. The summed E-state index contributed by atoms with van der Waals surface area (Å²) in [6, 6.07) is 8.46. The summed E-state index contributed by atoms with van der Waals surface area (Å²) >= 11 is 0. The molecule has 23 heavy (non-hydrogen) atoms. The van der Waals surface area contributed by atoms with E-state index in [1.165, 1.54) is 11.3 Å². The van der Waals surface area contributed by atoms with Crippen LogP contribution in [0.1, 0.15) is 5.56 Å². The van der Waals surface area contributed by atoms with Gasteiger partial charge < -0.3 is 4.90 Å². The highest BCUT2D eigenvalue weighted by molar-refractivity contribution is 5.61. The van der Waals surface area contributed by atoms with Crippen LogP contribution in [-0.2, 0) is 6.42 Å². The van der Waals surface area contributed by atoms with Crippen LogP contribution in [0.2, 0.25) is 0 Å². The fourth-order valence-electron chi connectivity index (χ4n) is 2.38. The number of benzene rings is 1. The van der Waals surface area contributed by atoms with Crippen molar-refractivity contribution in [3.63, 3.8) is 0 Å². The summed E-state index contributed by atoms with van der Waals surface area (Å²) in [5.74, 6) is 0. The van der Waals surface area contributed by atoms with Gasteiger partial charge in [0, 0.05) is 17.9 Å². The molecule has 0 aliphatic carbocycles. The fraction of sp³-hybridized carbons (Fsp3) is 0.0909. The zero-order chi connectivity index (χ0) is 16.5. The molecule has 0 fully saturated rings. The summed E-state index contributed by atoms with van der Waals surface area (Å²) in [4.78, 5) is 2.22. The molecule has 0 unspecified atom stereocenters. The maximum Gasteiger partial charge on any atom is 0.0449 e. The van der Waals surface area contributed by atoms with Crippen molar-refractivity contribution in [1.82, 2.24) is 0 Å². The van der Waals surface area contributed by atoms with Crippen molar-refractivity contribution >= 4 is 5.69 Å². The number of anilines is 1. The lowest BCUT2D eigenvalue weighted by atomic mass is 10.1. The first kappa shape index (κ1) is 16.6. The number of hydrogen-bond acceptors (Lipinski definition) is 1. The molecule has 116 valence electrons. The first-order valence-corrected chi connectivity index (χ1v) is 7.74. The van der Waals surface area contributed by atoms with Crippen molar-refractivity contribution in [2.75, 3.05) is 11.4 Å². The van der Waals surface area contributed by atoms with E-state index in [-0.39, 0.29) is 0 Å². The summed E-state index contributed by atoms with van der Waals surface area (Å²) in [7, 11) is 0. The van der Waals surface area contributed by atoms with Gasteiger partial charge in [-0.05, 0) is 29.7 Å². The van der Waals surface area contributed by atoms with Gasteiger partial charge in [0.05, 0.1) is 0 Å². The largest absolute Gasteiger partial charge is 0.338 e. The highest BCUT2D eigenvalue weighted by atomic mass is 15.1. The Morgan fingerprint density at radius 2 is 1.78 bits per heavy atom. The van der Waals surface area contributed by atoms with Crippen molar-refractivity contribution in [2.24, 2.45) is 0 Å². The predicted octanol–water partition coefficient (Wildman–Crippen LogP) is 5.53. The predicted molar refractivity (Wildman–Crippen MR) is 103 cm³/mol. The Labute approximate surface area is 139 Å². The van der Waals surface area contributed by atoms with Gasteiger partial charge in [-0.25, -0.2) is 0 Å². The highest BCUT2D eigenvalue weighted by Crippen LogP contribution is 2.25. The third-order valence-electron chi connectivity index (χ3n) is 3.57. The van der Waals surface area contributed by atoms with Crippen LogP contribution < -0.4 is 4.90 Å². The van der Waals surface area contributed by atoms with E-state index in [9.17, 15) is 0 Å². The Morgan fingerprint density at radius 3 is 2.61 bits per heavy atom. The molecule has 0 spiro atoms. The molecule has 1 aromatic carbocycles. The van der Waals surface area contributed by atoms with Crippen LogP contribution in [0.5, 0.6) is 0 Å². The van der Waals surface area contributed by atoms with Crippen LogP contribution in [0.3, 0.4) is 0 Å². The number of nitrogens with zero attached hydrogens (tertiary/aromatic N) is 1. The molecule has 0 saturated carbocycles. The van der Waals surface area contributed by atoms with Gasteiger partial charge in [0.15, 0.2) is 0 Å². The average Bonchev–Trinajstić information content (AvgIpc) is 2.68. The number of hydrogen-bond donors (Lipinski definition) is 0. The van der Waals surface area contributed by atoms with Crippen molar-refractivity contribution in [3.05, 3.63) is 116 Å². The minimum Gasteiger partial charge on any atom is -0.338 e. The first-order valence-electron chi connectivity index (χ1n) is 7.74. The Morgan fingerprint density at radius 1 is 1.00 bits per heavy atom. The summed E-state index contributed by atoms with van der Waals surface area (Å²) < 4.78 is 0. The van der Waals surface area contributed by atoms with E-state index in [4.69, 9.17) is 0 Å². The van der Waals surface area contributed by atoms with Crippen molar-refractivity contribution in [3.8, 4) is 0 Å². The molecular weight excluding hydrogens is 278 g/mol. The first-order chi connectivity index (χ1) is 11.2. The molecule has 0 atom stereocenters. The van der Waals surface area contributed by atoms with E-state index in [0.29, 0.717) is 0 Å². The second-order valence-electron chi connectivity index (χ2n) is 5.29. The van der Waals surface area contributed by atoms with Crippen molar-refractivity contribution in [2.45, 2.75) is 6.42 Å². The molecule has 0 bridgehead atoms. The van der Waals surface area contributed by atoms with Gasteiger partial charge in [-0.2, -0.15) is 0 Å². The Balaban J connectivity index is 2.25. The zero-order valence-corrected chi connectivity index (χ0v) is 13.5. The van der Waals surface area contributed by atoms with Crippen LogP contribution in [-0.4, -0.2) is 6.54 Å². The summed E-state index contributed by atoms with van der Waals surface area (Å²) in [5, 5.41) is 0. The van der Waals surface area contributed by atoms with E-state index in [2.05, 4.69) is 73.2 Å². The topological polar surface area (TPSA) is 3.24 Å². The Kier molecular flexibility index (Phi) is 6.19. The minimum atomic E-state index is 0.791. The smallest absolute Gasteiger partial charge is 0.0449 e. The Bertz CT molecular complexity index is 698. The maximum atomic E-state index is 4.23. The molecule has 2 rings (SSSR count). The molecule has 0 aromatic heterocycles. The van der Waals surface area contributed by atoms with Gasteiger partial charge in [-0.15, -0.1) is 0 Å². The second-order valence-corrected chi connectivity index (χ2v) is 5.29. The molecule has 1 aliphatic rings. The molecule has 0 saturated heterocycles. The molecule has 1 aromatic rings. The molecule has 1 nitrogen and oxygen atoms in total. The lowest BCUT2D eigenvalue weighted by molar-refractivity contribution is 1.03. The van der Waals surface area contributed by atoms with Gasteiger partial charge in [-0.3, -0.25) is 0 Å². The second kappa shape index (κ2) is 8.60. The van der Waals surface area contributed by atoms with Crippen LogP contribution in [0.15, 0.2) is 110 Å². The Hall–Kier alpha value is -2.80. The normalized spacial score (nSPS) is 17.1. The van der Waals surface area contributed by atoms with Crippen LogP contribution in [0.25, 0.3) is 0 Å². The van der Waals surface area contributed by atoms with Crippen molar-refractivity contribution < 1.29 is 0 Å². The van der Waals surface area contributed by atoms with E-state index >= 15 is 0 Å². The van der Waals surface area contributed by atoms with Gasteiger partial charge in [-0.1, -0.05) is 86.5 Å². The number of para-hydroxylation sites is 1. The van der Waals surface area contributed by atoms with Gasteiger partial charge in [0.25, 0.3) is 0 Å². The molecule has 1 aliphatic heterocycles. The SMILES string of the molecule is C=C/C=C/C(=C)/C=C\C(=C)N1C/C=C\C=C/Cc2ccccc21. The molecule has 1 heteroatoms. The molecule has 0 amide bonds. The quantitative estimate of drug-likeness (QED) is 0.646. The van der Waals surface area contributed by atoms with Gasteiger partial charge >= 0.3 is 0 Å². The third kappa shape index (κ3) is 4.86. The highest BCUT2D eigenvalue weighted by Gasteiger charge is 2.11. The summed E-state index contributed by atoms with van der Waals surface area (Å²) in [5.41, 5.74) is 4.36.